The highest BCUT2D eigenvalue weighted by atomic mass is 32.1. The van der Waals surface area contributed by atoms with E-state index in [4.69, 9.17) is 4.42 Å². The van der Waals surface area contributed by atoms with Gasteiger partial charge in [0.2, 0.25) is 5.89 Å². The molecular formula is C17H22N6OS. The minimum absolute atomic E-state index is 0.541. The minimum Gasteiger partial charge on any atom is -0.443 e. The summed E-state index contributed by atoms with van der Waals surface area (Å²) >= 11 is 1.61. The van der Waals surface area contributed by atoms with Gasteiger partial charge in [0.1, 0.15) is 6.26 Å². The van der Waals surface area contributed by atoms with Crippen molar-refractivity contribution in [2.45, 2.75) is 26.9 Å². The third-order valence-corrected chi connectivity index (χ3v) is 4.89. The van der Waals surface area contributed by atoms with Crippen molar-refractivity contribution in [3.63, 3.8) is 0 Å². The Bertz CT molecular complexity index is 862. The topological polar surface area (TPSA) is 80.3 Å². The van der Waals surface area contributed by atoms with Crippen LogP contribution in [-0.4, -0.2) is 27.8 Å². The van der Waals surface area contributed by atoms with Crippen LogP contribution in [0.3, 0.4) is 0 Å². The van der Waals surface area contributed by atoms with E-state index in [1.807, 2.05) is 36.2 Å². The number of guanidine groups is 1. The van der Waals surface area contributed by atoms with Gasteiger partial charge in [0.25, 0.3) is 0 Å². The molecule has 0 saturated heterocycles. The van der Waals surface area contributed by atoms with E-state index in [1.54, 1.807) is 24.6 Å². The summed E-state index contributed by atoms with van der Waals surface area (Å²) in [5.41, 5.74) is 4.20. The molecule has 2 N–H and O–H groups in total. The Labute approximate surface area is 150 Å². The monoisotopic (exact) mass is 358 g/mol. The second-order valence-electron chi connectivity index (χ2n) is 5.67. The summed E-state index contributed by atoms with van der Waals surface area (Å²) in [5.74, 6) is 1.36. The predicted molar refractivity (Wildman–Crippen MR) is 99.5 cm³/mol. The maximum atomic E-state index is 5.53. The van der Waals surface area contributed by atoms with E-state index in [1.165, 1.54) is 5.56 Å². The lowest BCUT2D eigenvalue weighted by Gasteiger charge is -2.11. The van der Waals surface area contributed by atoms with Gasteiger partial charge in [0.15, 0.2) is 5.96 Å². The number of rotatable bonds is 5. The first-order chi connectivity index (χ1) is 12.1. The van der Waals surface area contributed by atoms with E-state index in [0.29, 0.717) is 24.9 Å². The van der Waals surface area contributed by atoms with Gasteiger partial charge in [-0.1, -0.05) is 6.07 Å². The Balaban J connectivity index is 1.56. The van der Waals surface area contributed by atoms with Crippen LogP contribution in [0, 0.1) is 13.8 Å². The SMILES string of the molecule is CN=C(NCc1coc(-c2cccs2)n1)NCc1c(C)nn(C)c1C. The standard InChI is InChI=1S/C17H22N6OS/c1-11-14(12(2)23(4)22-11)9-20-17(18-3)19-8-13-10-24-16(21-13)15-6-5-7-25-15/h5-7,10H,8-9H2,1-4H3,(H2,18,19,20). The fourth-order valence-corrected chi connectivity index (χ4v) is 3.20. The Hall–Kier alpha value is -2.61. The van der Waals surface area contributed by atoms with Crippen molar-refractivity contribution in [3.8, 4) is 10.8 Å². The second kappa shape index (κ2) is 7.52. The van der Waals surface area contributed by atoms with E-state index >= 15 is 0 Å². The summed E-state index contributed by atoms with van der Waals surface area (Å²) in [5, 5.41) is 13.0. The molecule has 0 unspecified atom stereocenters. The molecule has 3 rings (SSSR count). The molecule has 0 spiro atoms. The summed E-state index contributed by atoms with van der Waals surface area (Å²) in [4.78, 5) is 9.77. The molecule has 132 valence electrons. The number of aliphatic imine (C=N–C) groups is 1. The summed E-state index contributed by atoms with van der Waals surface area (Å²) in [7, 11) is 3.70. The van der Waals surface area contributed by atoms with Gasteiger partial charge in [-0.2, -0.15) is 5.10 Å². The minimum atomic E-state index is 0.541. The number of aromatic nitrogens is 3. The number of nitrogens with zero attached hydrogens (tertiary/aromatic N) is 4. The lowest BCUT2D eigenvalue weighted by Crippen LogP contribution is -2.36. The van der Waals surface area contributed by atoms with E-state index in [0.717, 1.165) is 22.0 Å². The van der Waals surface area contributed by atoms with Gasteiger partial charge in [-0.3, -0.25) is 9.67 Å². The molecule has 0 aliphatic heterocycles. The van der Waals surface area contributed by atoms with E-state index in [2.05, 4.69) is 32.6 Å². The molecule has 0 aliphatic carbocycles. The van der Waals surface area contributed by atoms with Crippen molar-refractivity contribution in [2.75, 3.05) is 7.05 Å². The highest BCUT2D eigenvalue weighted by Gasteiger charge is 2.11. The van der Waals surface area contributed by atoms with Crippen molar-refractivity contribution < 1.29 is 4.42 Å². The van der Waals surface area contributed by atoms with Crippen molar-refractivity contribution in [1.29, 1.82) is 0 Å². The number of aryl methyl sites for hydroxylation is 2. The Morgan fingerprint density at radius 2 is 2.12 bits per heavy atom. The Morgan fingerprint density at radius 1 is 1.32 bits per heavy atom. The van der Waals surface area contributed by atoms with Gasteiger partial charge in [-0.15, -0.1) is 11.3 Å². The maximum absolute atomic E-state index is 5.53. The molecule has 25 heavy (non-hydrogen) atoms. The molecule has 0 amide bonds. The largest absolute Gasteiger partial charge is 0.443 e. The zero-order valence-corrected chi connectivity index (χ0v) is 15.6. The van der Waals surface area contributed by atoms with Crippen LogP contribution in [0.5, 0.6) is 0 Å². The van der Waals surface area contributed by atoms with Gasteiger partial charge in [0.05, 0.1) is 22.8 Å². The third-order valence-electron chi connectivity index (χ3n) is 4.04. The number of hydrogen-bond donors (Lipinski definition) is 2. The van der Waals surface area contributed by atoms with Crippen LogP contribution < -0.4 is 10.6 Å². The van der Waals surface area contributed by atoms with E-state index in [-0.39, 0.29) is 0 Å². The summed E-state index contributed by atoms with van der Waals surface area (Å²) in [6, 6.07) is 3.98. The Morgan fingerprint density at radius 3 is 2.76 bits per heavy atom. The maximum Gasteiger partial charge on any atom is 0.236 e. The van der Waals surface area contributed by atoms with Crippen LogP contribution in [0.4, 0.5) is 0 Å². The highest BCUT2D eigenvalue weighted by molar-refractivity contribution is 7.13. The fraction of sp³-hybridized carbons (Fsp3) is 0.353. The fourth-order valence-electron chi connectivity index (χ4n) is 2.54. The molecule has 0 aromatic carbocycles. The average molecular weight is 358 g/mol. The van der Waals surface area contributed by atoms with Crippen LogP contribution >= 0.6 is 11.3 Å². The van der Waals surface area contributed by atoms with Gasteiger partial charge < -0.3 is 15.1 Å². The molecule has 3 aromatic rings. The van der Waals surface area contributed by atoms with E-state index < -0.39 is 0 Å². The van der Waals surface area contributed by atoms with Gasteiger partial charge >= 0.3 is 0 Å². The van der Waals surface area contributed by atoms with Crippen molar-refractivity contribution in [1.82, 2.24) is 25.4 Å². The summed E-state index contributed by atoms with van der Waals surface area (Å²) in [6.07, 6.45) is 1.67. The molecule has 0 saturated carbocycles. The zero-order valence-electron chi connectivity index (χ0n) is 14.8. The highest BCUT2D eigenvalue weighted by Crippen LogP contribution is 2.23. The first kappa shape index (κ1) is 17.2. The first-order valence-corrected chi connectivity index (χ1v) is 8.88. The van der Waals surface area contributed by atoms with Crippen molar-refractivity contribution in [2.24, 2.45) is 12.0 Å². The quantitative estimate of drug-likeness (QED) is 0.541. The second-order valence-corrected chi connectivity index (χ2v) is 6.62. The molecule has 0 radical (unpaired) electrons. The molecular weight excluding hydrogens is 336 g/mol. The average Bonchev–Trinajstić information content (AvgIpc) is 3.31. The number of oxazole rings is 1. The normalized spacial score (nSPS) is 11.8. The lowest BCUT2D eigenvalue weighted by atomic mass is 10.2. The molecule has 8 heteroatoms. The Kier molecular flexibility index (Phi) is 5.18. The molecule has 0 aliphatic rings. The molecule has 0 atom stereocenters. The zero-order chi connectivity index (χ0) is 17.8. The van der Waals surface area contributed by atoms with Crippen LogP contribution in [-0.2, 0) is 20.1 Å². The number of nitrogens with one attached hydrogen (secondary N) is 2. The third kappa shape index (κ3) is 3.90. The number of thiophene rings is 1. The lowest BCUT2D eigenvalue weighted by molar-refractivity contribution is 0.573. The van der Waals surface area contributed by atoms with Crippen LogP contribution in [0.15, 0.2) is 33.2 Å². The number of hydrogen-bond acceptors (Lipinski definition) is 5. The molecule has 3 aromatic heterocycles. The van der Waals surface area contributed by atoms with Crippen molar-refractivity contribution >= 4 is 17.3 Å². The van der Waals surface area contributed by atoms with Gasteiger partial charge in [-0.25, -0.2) is 4.98 Å². The van der Waals surface area contributed by atoms with Gasteiger partial charge in [0, 0.05) is 31.9 Å². The smallest absolute Gasteiger partial charge is 0.236 e. The van der Waals surface area contributed by atoms with Crippen LogP contribution in [0.25, 0.3) is 10.8 Å². The molecule has 0 bridgehead atoms. The van der Waals surface area contributed by atoms with Crippen LogP contribution in [0.2, 0.25) is 0 Å². The van der Waals surface area contributed by atoms with Gasteiger partial charge in [-0.05, 0) is 25.3 Å². The van der Waals surface area contributed by atoms with Crippen LogP contribution in [0.1, 0.15) is 22.6 Å². The summed E-state index contributed by atoms with van der Waals surface area (Å²) < 4.78 is 7.42. The van der Waals surface area contributed by atoms with E-state index in [9.17, 15) is 0 Å². The molecule has 7 nitrogen and oxygen atoms in total. The molecule has 3 heterocycles. The van der Waals surface area contributed by atoms with Crippen molar-refractivity contribution in [3.05, 3.63) is 46.4 Å². The first-order valence-electron chi connectivity index (χ1n) is 8.00. The molecule has 0 fully saturated rings. The predicted octanol–water partition coefficient (Wildman–Crippen LogP) is 2.62. The summed E-state index contributed by atoms with van der Waals surface area (Å²) in [6.45, 7) is 5.29.